The lowest BCUT2D eigenvalue weighted by Gasteiger charge is -2.23. The van der Waals surface area contributed by atoms with Gasteiger partial charge < -0.3 is 14.6 Å². The molecule has 0 spiro atoms. The predicted octanol–water partition coefficient (Wildman–Crippen LogP) is 3.34. The highest BCUT2D eigenvalue weighted by Gasteiger charge is 2.16. The van der Waals surface area contributed by atoms with Crippen LogP contribution < -0.4 is 10.2 Å². The minimum absolute atomic E-state index is 0.861. The van der Waals surface area contributed by atoms with E-state index in [9.17, 15) is 0 Å². The molecule has 1 N–H and O–H groups in total. The molecule has 0 unspecified atom stereocenters. The van der Waals surface area contributed by atoms with Crippen LogP contribution in [0.3, 0.4) is 0 Å². The van der Waals surface area contributed by atoms with E-state index < -0.39 is 0 Å². The van der Waals surface area contributed by atoms with Crippen LogP contribution in [0.4, 0.5) is 5.69 Å². The normalized spacial score (nSPS) is 14.9. The zero-order valence-corrected chi connectivity index (χ0v) is 12.1. The van der Waals surface area contributed by atoms with E-state index in [1.165, 1.54) is 36.1 Å². The van der Waals surface area contributed by atoms with Gasteiger partial charge >= 0.3 is 0 Å². The van der Waals surface area contributed by atoms with Crippen molar-refractivity contribution in [3.8, 4) is 0 Å². The lowest BCUT2D eigenvalue weighted by molar-refractivity contribution is 0.499. The van der Waals surface area contributed by atoms with E-state index >= 15 is 0 Å². The van der Waals surface area contributed by atoms with Crippen LogP contribution in [-0.4, -0.2) is 13.6 Å². The third-order valence-corrected chi connectivity index (χ3v) is 3.89. The summed E-state index contributed by atoms with van der Waals surface area (Å²) in [5, 5.41) is 3.15. The maximum atomic E-state index is 5.69. The maximum Gasteiger partial charge on any atom is 0.123 e. The van der Waals surface area contributed by atoms with Gasteiger partial charge in [0.05, 0.1) is 12.8 Å². The van der Waals surface area contributed by atoms with E-state index in [0.717, 1.165) is 25.4 Å². The van der Waals surface area contributed by atoms with Gasteiger partial charge in [-0.2, -0.15) is 0 Å². The van der Waals surface area contributed by atoms with E-state index in [0.29, 0.717) is 0 Å². The molecule has 3 nitrogen and oxygen atoms in total. The molecule has 1 aromatic carbocycles. The standard InChI is InChI=1S/C17H22N2O/c1-18-11-14-10-16(20-13-14)12-19-9-5-4-7-15-6-2-3-8-17(15)19/h2-3,6,8,10,13,18H,4-5,7,9,11-12H2,1H3. The Morgan fingerprint density at radius 1 is 1.25 bits per heavy atom. The molecule has 3 rings (SSSR count). The molecule has 0 saturated heterocycles. The second kappa shape index (κ2) is 6.14. The molecule has 0 saturated carbocycles. The minimum atomic E-state index is 0.861. The molecule has 20 heavy (non-hydrogen) atoms. The molecule has 1 aliphatic rings. The average Bonchev–Trinajstić information content (AvgIpc) is 2.80. The maximum absolute atomic E-state index is 5.69. The van der Waals surface area contributed by atoms with Gasteiger partial charge in [-0.05, 0) is 44.0 Å². The van der Waals surface area contributed by atoms with Gasteiger partial charge in [-0.15, -0.1) is 0 Å². The second-order valence-electron chi connectivity index (χ2n) is 5.46. The van der Waals surface area contributed by atoms with E-state index in [-0.39, 0.29) is 0 Å². The molecule has 0 amide bonds. The third-order valence-electron chi connectivity index (χ3n) is 3.89. The molecule has 3 heteroatoms. The van der Waals surface area contributed by atoms with E-state index in [1.54, 1.807) is 0 Å². The highest BCUT2D eigenvalue weighted by molar-refractivity contribution is 5.54. The van der Waals surface area contributed by atoms with Crippen molar-refractivity contribution in [2.45, 2.75) is 32.4 Å². The summed E-state index contributed by atoms with van der Waals surface area (Å²) in [6.45, 7) is 2.83. The van der Waals surface area contributed by atoms with E-state index in [4.69, 9.17) is 4.42 Å². The summed E-state index contributed by atoms with van der Waals surface area (Å²) >= 11 is 0. The van der Waals surface area contributed by atoms with E-state index in [1.807, 2.05) is 13.3 Å². The number of hydrogen-bond acceptors (Lipinski definition) is 3. The summed E-state index contributed by atoms with van der Waals surface area (Å²) in [6.07, 6.45) is 5.57. The van der Waals surface area contributed by atoms with Gasteiger partial charge in [-0.1, -0.05) is 18.2 Å². The Kier molecular flexibility index (Phi) is 4.07. The first-order chi connectivity index (χ1) is 9.86. The van der Waals surface area contributed by atoms with Crippen LogP contribution in [0.25, 0.3) is 0 Å². The fourth-order valence-corrected chi connectivity index (χ4v) is 2.93. The van der Waals surface area contributed by atoms with Crippen molar-refractivity contribution in [2.75, 3.05) is 18.5 Å². The van der Waals surface area contributed by atoms with Gasteiger partial charge in [0.25, 0.3) is 0 Å². The number of aryl methyl sites for hydroxylation is 1. The summed E-state index contributed by atoms with van der Waals surface area (Å²) in [6, 6.07) is 10.9. The van der Waals surface area contributed by atoms with Crippen molar-refractivity contribution in [1.82, 2.24) is 5.32 Å². The highest BCUT2D eigenvalue weighted by atomic mass is 16.3. The number of hydrogen-bond donors (Lipinski definition) is 1. The van der Waals surface area contributed by atoms with Crippen LogP contribution >= 0.6 is 0 Å². The minimum Gasteiger partial charge on any atom is -0.467 e. The topological polar surface area (TPSA) is 28.4 Å². The van der Waals surface area contributed by atoms with Crippen molar-refractivity contribution >= 4 is 5.69 Å². The Bertz CT molecular complexity index is 562. The van der Waals surface area contributed by atoms with Crippen molar-refractivity contribution in [3.05, 3.63) is 53.5 Å². The molecule has 0 aliphatic carbocycles. The number of para-hydroxylation sites is 1. The van der Waals surface area contributed by atoms with Crippen molar-refractivity contribution in [1.29, 1.82) is 0 Å². The fraction of sp³-hybridized carbons (Fsp3) is 0.412. The summed E-state index contributed by atoms with van der Waals surface area (Å²) < 4.78 is 5.69. The van der Waals surface area contributed by atoms with Crippen LogP contribution in [0, 0.1) is 0 Å². The first-order valence-corrected chi connectivity index (χ1v) is 7.40. The molecule has 1 aromatic heterocycles. The zero-order valence-electron chi connectivity index (χ0n) is 12.1. The number of fused-ring (bicyclic) bond motifs is 1. The van der Waals surface area contributed by atoms with Crippen molar-refractivity contribution < 1.29 is 4.42 Å². The third kappa shape index (κ3) is 2.88. The van der Waals surface area contributed by atoms with Crippen molar-refractivity contribution in [2.24, 2.45) is 0 Å². The lowest BCUT2D eigenvalue weighted by Crippen LogP contribution is -2.23. The number of furan rings is 1. The zero-order chi connectivity index (χ0) is 13.8. The Labute approximate surface area is 120 Å². The number of rotatable bonds is 4. The fourth-order valence-electron chi connectivity index (χ4n) is 2.93. The smallest absolute Gasteiger partial charge is 0.123 e. The average molecular weight is 270 g/mol. The Balaban J connectivity index is 1.79. The largest absolute Gasteiger partial charge is 0.467 e. The summed E-state index contributed by atoms with van der Waals surface area (Å²) in [4.78, 5) is 2.45. The summed E-state index contributed by atoms with van der Waals surface area (Å²) in [5.74, 6) is 1.05. The number of anilines is 1. The Morgan fingerprint density at radius 2 is 2.15 bits per heavy atom. The molecule has 0 radical (unpaired) electrons. The summed E-state index contributed by atoms with van der Waals surface area (Å²) in [7, 11) is 1.96. The molecule has 0 bridgehead atoms. The number of nitrogens with zero attached hydrogens (tertiary/aromatic N) is 1. The number of benzene rings is 1. The van der Waals surface area contributed by atoms with Crippen LogP contribution in [0.5, 0.6) is 0 Å². The first-order valence-electron chi connectivity index (χ1n) is 7.40. The van der Waals surface area contributed by atoms with Gasteiger partial charge in [-0.25, -0.2) is 0 Å². The van der Waals surface area contributed by atoms with Gasteiger partial charge in [0.1, 0.15) is 5.76 Å². The molecule has 0 atom stereocenters. The Hall–Kier alpha value is -1.74. The molecule has 106 valence electrons. The van der Waals surface area contributed by atoms with Gasteiger partial charge in [0, 0.05) is 24.3 Å². The summed E-state index contributed by atoms with van der Waals surface area (Å²) in [5.41, 5.74) is 4.05. The number of nitrogens with one attached hydrogen (secondary N) is 1. The van der Waals surface area contributed by atoms with Crippen LogP contribution in [0.2, 0.25) is 0 Å². The van der Waals surface area contributed by atoms with Gasteiger partial charge in [-0.3, -0.25) is 0 Å². The SMILES string of the molecule is CNCc1coc(CN2CCCCc3ccccc32)c1. The molecule has 0 fully saturated rings. The van der Waals surface area contributed by atoms with Crippen LogP contribution in [-0.2, 0) is 19.5 Å². The quantitative estimate of drug-likeness (QED) is 0.923. The first kappa shape index (κ1) is 13.3. The van der Waals surface area contributed by atoms with Crippen LogP contribution in [0.15, 0.2) is 41.0 Å². The molecule has 2 heterocycles. The highest BCUT2D eigenvalue weighted by Crippen LogP contribution is 2.27. The monoisotopic (exact) mass is 270 g/mol. The Morgan fingerprint density at radius 3 is 3.05 bits per heavy atom. The van der Waals surface area contributed by atoms with E-state index in [2.05, 4.69) is 40.5 Å². The molecule has 2 aromatic rings. The molecular weight excluding hydrogens is 248 g/mol. The lowest BCUT2D eigenvalue weighted by atomic mass is 10.1. The van der Waals surface area contributed by atoms with Crippen LogP contribution in [0.1, 0.15) is 29.7 Å². The molecular formula is C17H22N2O. The second-order valence-corrected chi connectivity index (χ2v) is 5.46. The van der Waals surface area contributed by atoms with Gasteiger partial charge in [0.2, 0.25) is 0 Å². The van der Waals surface area contributed by atoms with Gasteiger partial charge in [0.15, 0.2) is 0 Å². The predicted molar refractivity (Wildman–Crippen MR) is 81.9 cm³/mol. The van der Waals surface area contributed by atoms with Crippen molar-refractivity contribution in [3.63, 3.8) is 0 Å². The molecule has 1 aliphatic heterocycles.